The number of nitrogens with one attached hydrogen (secondary N) is 2. The Morgan fingerprint density at radius 2 is 1.89 bits per heavy atom. The van der Waals surface area contributed by atoms with Crippen LogP contribution < -0.4 is 15.4 Å². The first-order chi connectivity index (χ1) is 13.3. The van der Waals surface area contributed by atoms with Crippen LogP contribution in [-0.2, 0) is 13.0 Å². The topological polar surface area (TPSA) is 63.5 Å². The molecule has 0 amide bonds. The van der Waals surface area contributed by atoms with Gasteiger partial charge in [-0.15, -0.1) is 24.0 Å². The van der Waals surface area contributed by atoms with Crippen molar-refractivity contribution < 1.29 is 4.74 Å². The molecule has 3 aromatic rings. The van der Waals surface area contributed by atoms with Crippen LogP contribution >= 0.6 is 24.0 Å². The fourth-order valence-electron chi connectivity index (χ4n) is 2.75. The Kier molecular flexibility index (Phi) is 8.80. The molecule has 7 heteroatoms. The molecule has 0 atom stereocenters. The van der Waals surface area contributed by atoms with Crippen LogP contribution in [0.1, 0.15) is 11.1 Å². The second kappa shape index (κ2) is 11.3. The molecule has 1 aromatic heterocycles. The first kappa shape index (κ1) is 21.7. The van der Waals surface area contributed by atoms with E-state index >= 15 is 0 Å². The molecule has 0 aliphatic carbocycles. The molecule has 0 spiro atoms. The zero-order valence-corrected chi connectivity index (χ0v) is 18.5. The standard InChI is InChI=1S/C21H25N5O.HI/c1-22-21(24-16-18-5-3-6-20(15-18)27-2)23-13-11-17-7-9-19(10-8-17)26-14-4-12-25-26;/h3-10,12,14-15H,11,13,16H2,1-2H3,(H2,22,23,24);1H. The molecule has 28 heavy (non-hydrogen) atoms. The summed E-state index contributed by atoms with van der Waals surface area (Å²) in [5.74, 6) is 1.64. The Morgan fingerprint density at radius 1 is 1.07 bits per heavy atom. The molecule has 0 fully saturated rings. The van der Waals surface area contributed by atoms with Crippen molar-refractivity contribution in [3.05, 3.63) is 78.1 Å². The molecule has 0 bridgehead atoms. The SMILES string of the molecule is CN=C(NCCc1ccc(-n2cccn2)cc1)NCc1cccc(OC)c1.I. The molecule has 2 N–H and O–H groups in total. The van der Waals surface area contributed by atoms with Gasteiger partial charge in [0.25, 0.3) is 0 Å². The van der Waals surface area contributed by atoms with E-state index in [2.05, 4.69) is 51.1 Å². The van der Waals surface area contributed by atoms with E-state index in [-0.39, 0.29) is 24.0 Å². The summed E-state index contributed by atoms with van der Waals surface area (Å²) in [5.41, 5.74) is 3.47. The Morgan fingerprint density at radius 3 is 2.57 bits per heavy atom. The minimum Gasteiger partial charge on any atom is -0.497 e. The van der Waals surface area contributed by atoms with Crippen LogP contribution in [0.4, 0.5) is 0 Å². The fraction of sp³-hybridized carbons (Fsp3) is 0.238. The quantitative estimate of drug-likeness (QED) is 0.302. The van der Waals surface area contributed by atoms with Crippen molar-refractivity contribution in [3.8, 4) is 11.4 Å². The van der Waals surface area contributed by atoms with E-state index in [0.717, 1.165) is 35.9 Å². The number of aliphatic imine (C=N–C) groups is 1. The monoisotopic (exact) mass is 491 g/mol. The summed E-state index contributed by atoms with van der Waals surface area (Å²) in [6.07, 6.45) is 4.63. The van der Waals surface area contributed by atoms with Gasteiger partial charge in [-0.3, -0.25) is 4.99 Å². The van der Waals surface area contributed by atoms with Crippen molar-refractivity contribution in [2.75, 3.05) is 20.7 Å². The molecule has 0 aliphatic rings. The number of aromatic nitrogens is 2. The molecular weight excluding hydrogens is 465 g/mol. The van der Waals surface area contributed by atoms with Crippen LogP contribution in [0.15, 0.2) is 72.0 Å². The lowest BCUT2D eigenvalue weighted by Gasteiger charge is -2.12. The van der Waals surface area contributed by atoms with Gasteiger partial charge < -0.3 is 15.4 Å². The van der Waals surface area contributed by atoms with E-state index < -0.39 is 0 Å². The van der Waals surface area contributed by atoms with Gasteiger partial charge in [0.1, 0.15) is 5.75 Å². The van der Waals surface area contributed by atoms with E-state index in [1.807, 2.05) is 35.1 Å². The summed E-state index contributed by atoms with van der Waals surface area (Å²) in [4.78, 5) is 4.28. The number of ether oxygens (including phenoxy) is 1. The normalized spacial score (nSPS) is 10.9. The van der Waals surface area contributed by atoms with Gasteiger partial charge in [-0.05, 0) is 47.9 Å². The third-order valence-corrected chi connectivity index (χ3v) is 4.23. The molecule has 0 unspecified atom stereocenters. The van der Waals surface area contributed by atoms with Crippen LogP contribution in [-0.4, -0.2) is 36.4 Å². The summed E-state index contributed by atoms with van der Waals surface area (Å²) in [6.45, 7) is 1.49. The molecule has 0 saturated heterocycles. The highest BCUT2D eigenvalue weighted by Crippen LogP contribution is 2.12. The molecule has 0 aliphatic heterocycles. The first-order valence-electron chi connectivity index (χ1n) is 8.95. The van der Waals surface area contributed by atoms with Gasteiger partial charge in [0, 0.05) is 32.5 Å². The van der Waals surface area contributed by atoms with E-state index in [9.17, 15) is 0 Å². The van der Waals surface area contributed by atoms with Gasteiger partial charge in [-0.2, -0.15) is 5.10 Å². The number of methoxy groups -OCH3 is 1. The number of nitrogens with zero attached hydrogens (tertiary/aromatic N) is 3. The first-order valence-corrected chi connectivity index (χ1v) is 8.95. The van der Waals surface area contributed by atoms with Crippen LogP contribution in [0.25, 0.3) is 5.69 Å². The highest BCUT2D eigenvalue weighted by molar-refractivity contribution is 14.0. The van der Waals surface area contributed by atoms with Crippen molar-refractivity contribution in [3.63, 3.8) is 0 Å². The summed E-state index contributed by atoms with van der Waals surface area (Å²) < 4.78 is 7.11. The minimum absolute atomic E-state index is 0. The molecule has 2 aromatic carbocycles. The predicted octanol–water partition coefficient (Wildman–Crippen LogP) is 3.41. The van der Waals surface area contributed by atoms with Gasteiger partial charge in [0.2, 0.25) is 0 Å². The van der Waals surface area contributed by atoms with Crippen molar-refractivity contribution in [2.45, 2.75) is 13.0 Å². The Balaban J connectivity index is 0.00000280. The molecule has 1 heterocycles. The lowest BCUT2D eigenvalue weighted by atomic mass is 10.1. The molecule has 6 nitrogen and oxygen atoms in total. The number of halogens is 1. The number of rotatable bonds is 7. The number of hydrogen-bond donors (Lipinski definition) is 2. The van der Waals surface area contributed by atoms with Gasteiger partial charge in [0.15, 0.2) is 5.96 Å². The molecule has 148 valence electrons. The Bertz CT molecular complexity index is 863. The summed E-state index contributed by atoms with van der Waals surface area (Å²) in [7, 11) is 3.45. The van der Waals surface area contributed by atoms with Gasteiger partial charge >= 0.3 is 0 Å². The number of guanidine groups is 1. The number of benzene rings is 2. The smallest absolute Gasteiger partial charge is 0.191 e. The molecule has 3 rings (SSSR count). The summed E-state index contributed by atoms with van der Waals surface area (Å²) >= 11 is 0. The van der Waals surface area contributed by atoms with Crippen molar-refractivity contribution in [1.29, 1.82) is 0 Å². The van der Waals surface area contributed by atoms with E-state index in [4.69, 9.17) is 4.74 Å². The van der Waals surface area contributed by atoms with Crippen LogP contribution in [0, 0.1) is 0 Å². The molecular formula is C21H26IN5O. The lowest BCUT2D eigenvalue weighted by Crippen LogP contribution is -2.37. The maximum Gasteiger partial charge on any atom is 0.191 e. The van der Waals surface area contributed by atoms with E-state index in [1.165, 1.54) is 5.56 Å². The molecule has 0 saturated carbocycles. The maximum absolute atomic E-state index is 5.25. The Labute approximate surface area is 183 Å². The second-order valence-electron chi connectivity index (χ2n) is 6.07. The predicted molar refractivity (Wildman–Crippen MR) is 124 cm³/mol. The van der Waals surface area contributed by atoms with Crippen molar-refractivity contribution >= 4 is 29.9 Å². The Hall–Kier alpha value is -2.55. The third-order valence-electron chi connectivity index (χ3n) is 4.23. The van der Waals surface area contributed by atoms with Crippen molar-refractivity contribution in [2.24, 2.45) is 4.99 Å². The zero-order chi connectivity index (χ0) is 18.9. The maximum atomic E-state index is 5.25. The highest BCUT2D eigenvalue weighted by atomic mass is 127. The summed E-state index contributed by atoms with van der Waals surface area (Å²) in [6, 6.07) is 18.3. The largest absolute Gasteiger partial charge is 0.497 e. The van der Waals surface area contributed by atoms with Gasteiger partial charge in [-0.1, -0.05) is 24.3 Å². The van der Waals surface area contributed by atoms with Gasteiger partial charge in [-0.25, -0.2) is 4.68 Å². The van der Waals surface area contributed by atoms with Crippen LogP contribution in [0.3, 0.4) is 0 Å². The van der Waals surface area contributed by atoms with Crippen molar-refractivity contribution in [1.82, 2.24) is 20.4 Å². The van der Waals surface area contributed by atoms with Gasteiger partial charge in [0.05, 0.1) is 12.8 Å². The zero-order valence-electron chi connectivity index (χ0n) is 16.1. The fourth-order valence-corrected chi connectivity index (χ4v) is 2.75. The number of hydrogen-bond acceptors (Lipinski definition) is 3. The average Bonchev–Trinajstić information content (AvgIpc) is 3.26. The average molecular weight is 491 g/mol. The molecule has 0 radical (unpaired) electrons. The highest BCUT2D eigenvalue weighted by Gasteiger charge is 2.01. The minimum atomic E-state index is 0. The summed E-state index contributed by atoms with van der Waals surface area (Å²) in [5, 5.41) is 10.9. The second-order valence-corrected chi connectivity index (χ2v) is 6.07. The van der Waals surface area contributed by atoms with E-state index in [1.54, 1.807) is 20.4 Å². The van der Waals surface area contributed by atoms with E-state index in [0.29, 0.717) is 6.54 Å². The van der Waals surface area contributed by atoms with Crippen LogP contribution in [0.2, 0.25) is 0 Å². The third kappa shape index (κ3) is 6.26. The van der Waals surface area contributed by atoms with Crippen LogP contribution in [0.5, 0.6) is 5.75 Å². The lowest BCUT2D eigenvalue weighted by molar-refractivity contribution is 0.414.